The van der Waals surface area contributed by atoms with E-state index < -0.39 is 0 Å². The van der Waals surface area contributed by atoms with Crippen molar-refractivity contribution in [3.8, 4) is 0 Å². The molecule has 0 bridgehead atoms. The van der Waals surface area contributed by atoms with Crippen LogP contribution in [0.3, 0.4) is 0 Å². The van der Waals surface area contributed by atoms with E-state index in [9.17, 15) is 4.79 Å². The predicted octanol–water partition coefficient (Wildman–Crippen LogP) is 0.915. The van der Waals surface area contributed by atoms with Gasteiger partial charge in [-0.2, -0.15) is 0 Å². The number of aromatic nitrogens is 3. The molecule has 0 aliphatic carbocycles. The van der Waals surface area contributed by atoms with Gasteiger partial charge in [0.15, 0.2) is 0 Å². The van der Waals surface area contributed by atoms with Gasteiger partial charge in [-0.3, -0.25) is 4.79 Å². The molecule has 62 valence electrons. The third-order valence-electron chi connectivity index (χ3n) is 1.73. The normalized spacial score (nSPS) is 10.8. The molecule has 2 aromatic heterocycles. The quantitative estimate of drug-likeness (QED) is 0.660. The summed E-state index contributed by atoms with van der Waals surface area (Å²) in [6.07, 6.45) is 1.55. The molecule has 0 aliphatic rings. The van der Waals surface area contributed by atoms with Crippen molar-refractivity contribution in [2.24, 2.45) is 7.05 Å². The van der Waals surface area contributed by atoms with Gasteiger partial charge in [-0.25, -0.2) is 4.98 Å². The lowest BCUT2D eigenvalue weighted by atomic mass is 10.4. The highest BCUT2D eigenvalue weighted by Gasteiger charge is 2.04. The fourth-order valence-corrected chi connectivity index (χ4v) is 1.27. The second kappa shape index (κ2) is 2.35. The van der Waals surface area contributed by atoms with Gasteiger partial charge in [0, 0.05) is 19.3 Å². The summed E-state index contributed by atoms with van der Waals surface area (Å²) in [5.41, 5.74) is 1.29. The highest BCUT2D eigenvalue weighted by atomic mass is 35.5. The fraction of sp³-hybridized carbons (Fsp3) is 0.143. The molecule has 0 amide bonds. The third-order valence-corrected chi connectivity index (χ3v) is 2.07. The first kappa shape index (κ1) is 7.36. The van der Waals surface area contributed by atoms with E-state index in [1.807, 2.05) is 0 Å². The molecule has 0 unspecified atom stereocenters. The van der Waals surface area contributed by atoms with Gasteiger partial charge < -0.3 is 9.55 Å². The Kier molecular flexibility index (Phi) is 1.44. The SMILES string of the molecule is Cn1c(Cl)nc2c[nH]c(=O)cc21. The number of imidazole rings is 1. The molecule has 0 radical (unpaired) electrons. The summed E-state index contributed by atoms with van der Waals surface area (Å²) in [5.74, 6) is 0. The van der Waals surface area contributed by atoms with Crippen molar-refractivity contribution in [1.29, 1.82) is 0 Å². The molecule has 2 heterocycles. The molecule has 0 spiro atoms. The summed E-state index contributed by atoms with van der Waals surface area (Å²) in [6, 6.07) is 1.47. The lowest BCUT2D eigenvalue weighted by molar-refractivity contribution is 0.947. The molecule has 1 N–H and O–H groups in total. The van der Waals surface area contributed by atoms with Crippen LogP contribution in [0.4, 0.5) is 0 Å². The van der Waals surface area contributed by atoms with Gasteiger partial charge in [-0.05, 0) is 11.6 Å². The number of fused-ring (bicyclic) bond motifs is 1. The summed E-state index contributed by atoms with van der Waals surface area (Å²) in [6.45, 7) is 0. The van der Waals surface area contributed by atoms with Crippen molar-refractivity contribution in [2.45, 2.75) is 0 Å². The molecule has 0 saturated heterocycles. The summed E-state index contributed by atoms with van der Waals surface area (Å²) in [5, 5.41) is 0.379. The molecular formula is C7H6ClN3O. The lowest BCUT2D eigenvalue weighted by Gasteiger charge is -1.92. The van der Waals surface area contributed by atoms with Gasteiger partial charge in [0.2, 0.25) is 10.8 Å². The zero-order valence-electron chi connectivity index (χ0n) is 6.34. The van der Waals surface area contributed by atoms with E-state index >= 15 is 0 Å². The van der Waals surface area contributed by atoms with Gasteiger partial charge in [-0.1, -0.05) is 0 Å². The summed E-state index contributed by atoms with van der Waals surface area (Å²) < 4.78 is 1.66. The number of nitrogens with one attached hydrogen (secondary N) is 1. The standard InChI is InChI=1S/C7H6ClN3O/c1-11-5-2-6(12)9-3-4(5)10-7(11)8/h2-3H,1H3,(H,9,12). The Balaban J connectivity index is 2.98. The van der Waals surface area contributed by atoms with Gasteiger partial charge in [0.1, 0.15) is 5.52 Å². The van der Waals surface area contributed by atoms with Crippen LogP contribution in [0.15, 0.2) is 17.1 Å². The smallest absolute Gasteiger partial charge is 0.250 e. The zero-order chi connectivity index (χ0) is 8.72. The second-order valence-electron chi connectivity index (χ2n) is 2.51. The summed E-state index contributed by atoms with van der Waals surface area (Å²) in [7, 11) is 1.76. The average Bonchev–Trinajstić information content (AvgIpc) is 2.31. The predicted molar refractivity (Wildman–Crippen MR) is 46.3 cm³/mol. The lowest BCUT2D eigenvalue weighted by Crippen LogP contribution is -2.02. The number of pyridine rings is 1. The maximum Gasteiger partial charge on any atom is 0.250 e. The van der Waals surface area contributed by atoms with Crippen molar-refractivity contribution in [2.75, 3.05) is 0 Å². The minimum absolute atomic E-state index is 0.151. The summed E-state index contributed by atoms with van der Waals surface area (Å²) >= 11 is 5.74. The van der Waals surface area contributed by atoms with E-state index in [4.69, 9.17) is 11.6 Å². The van der Waals surface area contributed by atoms with Crippen LogP contribution in [-0.2, 0) is 7.05 Å². The van der Waals surface area contributed by atoms with E-state index in [0.29, 0.717) is 10.8 Å². The van der Waals surface area contributed by atoms with Crippen LogP contribution in [0.2, 0.25) is 5.28 Å². The maximum absolute atomic E-state index is 10.9. The molecule has 0 aromatic carbocycles. The first-order chi connectivity index (χ1) is 5.68. The monoisotopic (exact) mass is 183 g/mol. The maximum atomic E-state index is 10.9. The molecule has 2 aromatic rings. The summed E-state index contributed by atoms with van der Waals surface area (Å²) in [4.78, 5) is 17.4. The Morgan fingerprint density at radius 1 is 1.67 bits per heavy atom. The Bertz CT molecular complexity index is 485. The van der Waals surface area contributed by atoms with Crippen LogP contribution >= 0.6 is 11.6 Å². The van der Waals surface area contributed by atoms with Crippen molar-refractivity contribution in [1.82, 2.24) is 14.5 Å². The topological polar surface area (TPSA) is 50.7 Å². The van der Waals surface area contributed by atoms with Crippen LogP contribution in [0.25, 0.3) is 11.0 Å². The van der Waals surface area contributed by atoms with E-state index in [-0.39, 0.29) is 5.56 Å². The van der Waals surface area contributed by atoms with Crippen molar-refractivity contribution in [3.63, 3.8) is 0 Å². The number of aromatic amines is 1. The fourth-order valence-electron chi connectivity index (χ4n) is 1.09. The highest BCUT2D eigenvalue weighted by Crippen LogP contribution is 2.14. The minimum atomic E-state index is -0.151. The van der Waals surface area contributed by atoms with E-state index in [0.717, 1.165) is 5.52 Å². The minimum Gasteiger partial charge on any atom is -0.327 e. The number of nitrogens with zero attached hydrogens (tertiary/aromatic N) is 2. The average molecular weight is 184 g/mol. The van der Waals surface area contributed by atoms with Crippen molar-refractivity contribution < 1.29 is 0 Å². The first-order valence-electron chi connectivity index (χ1n) is 3.39. The van der Waals surface area contributed by atoms with Crippen molar-refractivity contribution in [3.05, 3.63) is 27.9 Å². The van der Waals surface area contributed by atoms with Crippen LogP contribution in [-0.4, -0.2) is 14.5 Å². The van der Waals surface area contributed by atoms with E-state index in [2.05, 4.69) is 9.97 Å². The Morgan fingerprint density at radius 3 is 3.17 bits per heavy atom. The Morgan fingerprint density at radius 2 is 2.42 bits per heavy atom. The number of aryl methyl sites for hydroxylation is 1. The molecule has 0 fully saturated rings. The molecule has 2 rings (SSSR count). The molecule has 4 nitrogen and oxygen atoms in total. The number of hydrogen-bond acceptors (Lipinski definition) is 2. The molecule has 0 atom stereocenters. The molecule has 0 saturated carbocycles. The number of hydrogen-bond donors (Lipinski definition) is 1. The van der Waals surface area contributed by atoms with Gasteiger partial charge in [0.05, 0.1) is 5.52 Å². The van der Waals surface area contributed by atoms with Gasteiger partial charge >= 0.3 is 0 Å². The van der Waals surface area contributed by atoms with Crippen LogP contribution in [0.5, 0.6) is 0 Å². The van der Waals surface area contributed by atoms with Gasteiger partial charge in [0.25, 0.3) is 0 Å². The van der Waals surface area contributed by atoms with Crippen LogP contribution in [0, 0.1) is 0 Å². The van der Waals surface area contributed by atoms with E-state index in [1.165, 1.54) is 6.07 Å². The highest BCUT2D eigenvalue weighted by molar-refractivity contribution is 6.29. The van der Waals surface area contributed by atoms with Crippen LogP contribution < -0.4 is 5.56 Å². The van der Waals surface area contributed by atoms with Crippen molar-refractivity contribution >= 4 is 22.6 Å². The molecule has 12 heavy (non-hydrogen) atoms. The largest absolute Gasteiger partial charge is 0.327 e. The Hall–Kier alpha value is -1.29. The Labute approximate surface area is 72.8 Å². The number of rotatable bonds is 0. The molecular weight excluding hydrogens is 178 g/mol. The molecule has 5 heteroatoms. The molecule has 0 aliphatic heterocycles. The second-order valence-corrected chi connectivity index (χ2v) is 2.85. The number of H-pyrrole nitrogens is 1. The van der Waals surface area contributed by atoms with Gasteiger partial charge in [-0.15, -0.1) is 0 Å². The van der Waals surface area contributed by atoms with Crippen LogP contribution in [0.1, 0.15) is 0 Å². The zero-order valence-corrected chi connectivity index (χ0v) is 7.09. The first-order valence-corrected chi connectivity index (χ1v) is 3.77. The van der Waals surface area contributed by atoms with E-state index in [1.54, 1.807) is 17.8 Å². The number of halogens is 1. The third kappa shape index (κ3) is 0.921.